The molecule has 0 aliphatic carbocycles. The Morgan fingerprint density at radius 3 is 1.67 bits per heavy atom. The van der Waals surface area contributed by atoms with Crippen LogP contribution in [0.25, 0.3) is 0 Å². The Morgan fingerprint density at radius 2 is 1.24 bits per heavy atom. The zero-order valence-electron chi connectivity index (χ0n) is 22.9. The summed E-state index contributed by atoms with van der Waals surface area (Å²) in [5.41, 5.74) is -1.83. The molecule has 2 aromatic rings. The summed E-state index contributed by atoms with van der Waals surface area (Å²) in [4.78, 5) is 74.6. The minimum atomic E-state index is -0.805. The summed E-state index contributed by atoms with van der Waals surface area (Å²) >= 11 is 0. The fraction of sp³-hybridized carbons (Fsp3) is 0.308. The molecule has 1 aliphatic heterocycles. The predicted octanol–water partition coefficient (Wildman–Crippen LogP) is -3.56. The van der Waals surface area contributed by atoms with Gasteiger partial charge in [-0.05, 0) is 12.1 Å². The lowest BCUT2D eigenvalue weighted by Gasteiger charge is -2.23. The Balaban J connectivity index is 1.59. The number of aryl methyl sites for hydroxylation is 2. The van der Waals surface area contributed by atoms with Gasteiger partial charge in [-0.25, -0.2) is 4.79 Å². The van der Waals surface area contributed by atoms with Gasteiger partial charge in [-0.2, -0.15) is 0 Å². The van der Waals surface area contributed by atoms with Gasteiger partial charge in [-0.3, -0.25) is 33.9 Å². The van der Waals surface area contributed by atoms with Gasteiger partial charge >= 0.3 is 5.91 Å². The minimum absolute atomic E-state index is 0.0216. The minimum Gasteiger partial charge on any atom is -0.621 e. The highest BCUT2D eigenvalue weighted by Gasteiger charge is 2.19. The average Bonchev–Trinajstić information content (AvgIpc) is 2.95. The van der Waals surface area contributed by atoms with Crippen LogP contribution in [0.2, 0.25) is 0 Å². The number of aromatic hydroxyl groups is 2. The summed E-state index contributed by atoms with van der Waals surface area (Å²) in [6.45, 7) is 0.894. The summed E-state index contributed by atoms with van der Waals surface area (Å²) < 4.78 is 2.24. The normalized spacial score (nSPS) is 14.4. The van der Waals surface area contributed by atoms with E-state index in [1.54, 1.807) is 4.90 Å². The Kier molecular flexibility index (Phi) is 10.5. The Morgan fingerprint density at radius 1 is 0.810 bits per heavy atom. The van der Waals surface area contributed by atoms with Crippen molar-refractivity contribution in [3.63, 3.8) is 0 Å². The quantitative estimate of drug-likeness (QED) is 0.135. The summed E-state index contributed by atoms with van der Waals surface area (Å²) in [6.07, 6.45) is 5.87. The van der Waals surface area contributed by atoms with Gasteiger partial charge in [0, 0.05) is 71.8 Å². The summed E-state index contributed by atoms with van der Waals surface area (Å²) in [5.74, 6) is -4.11. The van der Waals surface area contributed by atoms with Gasteiger partial charge in [0.05, 0.1) is 22.8 Å². The van der Waals surface area contributed by atoms with Crippen LogP contribution in [0.15, 0.2) is 58.0 Å². The molecule has 3 rings (SSSR count). The maximum absolute atomic E-state index is 12.5. The van der Waals surface area contributed by atoms with Crippen molar-refractivity contribution < 1.29 is 34.5 Å². The highest BCUT2D eigenvalue weighted by Crippen LogP contribution is 2.10. The molecule has 1 aliphatic rings. The average molecular weight is 586 g/mol. The van der Waals surface area contributed by atoms with Crippen LogP contribution < -0.4 is 32.1 Å². The SMILES string of the molecule is Cn1ccc(C(=O)NCCN(CCNC(=O)C2=CC(=O)[NH+]([O-])C=C2)CCNC(=O)c2ccn(C)c(=O)c2O)c(O)c1=O. The van der Waals surface area contributed by atoms with Gasteiger partial charge in [-0.15, -0.1) is 0 Å². The van der Waals surface area contributed by atoms with Crippen molar-refractivity contribution in [1.29, 1.82) is 0 Å². The van der Waals surface area contributed by atoms with E-state index in [0.29, 0.717) is 0 Å². The van der Waals surface area contributed by atoms with E-state index in [9.17, 15) is 44.2 Å². The number of pyridine rings is 2. The van der Waals surface area contributed by atoms with Crippen LogP contribution in [0.5, 0.6) is 11.5 Å². The maximum Gasteiger partial charge on any atom is 0.342 e. The van der Waals surface area contributed by atoms with Crippen LogP contribution in [-0.2, 0) is 23.7 Å². The third-order valence-electron chi connectivity index (χ3n) is 6.32. The van der Waals surface area contributed by atoms with Crippen molar-refractivity contribution in [3.05, 3.63) is 85.5 Å². The van der Waals surface area contributed by atoms with Crippen molar-refractivity contribution in [3.8, 4) is 11.5 Å². The molecule has 0 spiro atoms. The molecule has 0 radical (unpaired) electrons. The maximum atomic E-state index is 12.5. The van der Waals surface area contributed by atoms with E-state index in [2.05, 4.69) is 16.0 Å². The topological polar surface area (TPSA) is 220 Å². The Labute approximate surface area is 238 Å². The molecular formula is C26H31N7O9. The molecule has 2 aromatic heterocycles. The number of rotatable bonds is 12. The standard InChI is InChI=1S/C26H31N7O9/c1-30-9-4-17(20(35)25(30)40)23(38)28-7-13-32(12-6-27-22(37)16-3-11-33(42)19(34)15-16)14-8-29-24(39)18-5-10-31(2)26(41)21(18)36/h3-5,9-11,15,33,35-36H,6-8,12-14H2,1-2H3,(H,27,37)(H,28,38)(H,29,39). The van der Waals surface area contributed by atoms with Crippen molar-refractivity contribution in [2.45, 2.75) is 0 Å². The predicted molar refractivity (Wildman–Crippen MR) is 147 cm³/mol. The molecule has 16 nitrogen and oxygen atoms in total. The van der Waals surface area contributed by atoms with Gasteiger partial charge in [0.2, 0.25) is 0 Å². The molecule has 0 bridgehead atoms. The number of amides is 4. The first kappa shape index (κ1) is 31.5. The zero-order valence-corrected chi connectivity index (χ0v) is 22.9. The molecule has 6 N–H and O–H groups in total. The van der Waals surface area contributed by atoms with Crippen LogP contribution >= 0.6 is 0 Å². The second-order valence-electron chi connectivity index (χ2n) is 9.26. The summed E-state index contributed by atoms with van der Waals surface area (Å²) in [7, 11) is 2.85. The Bertz CT molecular complexity index is 1470. The fourth-order valence-corrected chi connectivity index (χ4v) is 3.86. The summed E-state index contributed by atoms with van der Waals surface area (Å²) in [5, 5.41) is 38.4. The van der Waals surface area contributed by atoms with Crippen molar-refractivity contribution in [2.24, 2.45) is 14.1 Å². The monoisotopic (exact) mass is 585 g/mol. The molecule has 4 amide bonds. The van der Waals surface area contributed by atoms with Gasteiger partial charge in [0.25, 0.3) is 28.8 Å². The van der Waals surface area contributed by atoms with Crippen LogP contribution in [0, 0.1) is 5.21 Å². The molecule has 0 saturated carbocycles. The summed E-state index contributed by atoms with van der Waals surface area (Å²) in [6, 6.07) is 2.60. The van der Waals surface area contributed by atoms with E-state index in [-0.39, 0.29) is 56.0 Å². The highest BCUT2D eigenvalue weighted by molar-refractivity contribution is 6.02. The number of quaternary nitrogens is 1. The third kappa shape index (κ3) is 7.78. The van der Waals surface area contributed by atoms with Gasteiger partial charge < -0.3 is 40.5 Å². The van der Waals surface area contributed by atoms with E-state index in [1.807, 2.05) is 0 Å². The van der Waals surface area contributed by atoms with Crippen molar-refractivity contribution >= 4 is 23.6 Å². The molecule has 0 saturated heterocycles. The van der Waals surface area contributed by atoms with E-state index >= 15 is 0 Å². The smallest absolute Gasteiger partial charge is 0.342 e. The van der Waals surface area contributed by atoms with Gasteiger partial charge in [0.1, 0.15) is 6.20 Å². The lowest BCUT2D eigenvalue weighted by molar-refractivity contribution is -0.701. The van der Waals surface area contributed by atoms with E-state index in [4.69, 9.17) is 0 Å². The third-order valence-corrected chi connectivity index (χ3v) is 6.32. The van der Waals surface area contributed by atoms with E-state index in [0.717, 1.165) is 21.4 Å². The van der Waals surface area contributed by atoms with E-state index in [1.165, 1.54) is 44.7 Å². The molecule has 1 atom stereocenters. The molecule has 0 aromatic carbocycles. The number of hydrogen-bond acceptors (Lipinski definition) is 10. The second kappa shape index (κ2) is 14.0. The lowest BCUT2D eigenvalue weighted by Crippen LogP contribution is -3.05. The van der Waals surface area contributed by atoms with Gasteiger partial charge in [-0.1, -0.05) is 0 Å². The highest BCUT2D eigenvalue weighted by atomic mass is 16.5. The fourth-order valence-electron chi connectivity index (χ4n) is 3.86. The molecule has 3 heterocycles. The molecule has 0 fully saturated rings. The van der Waals surface area contributed by atoms with Crippen LogP contribution in [0.3, 0.4) is 0 Å². The second-order valence-corrected chi connectivity index (χ2v) is 9.26. The molecule has 42 heavy (non-hydrogen) atoms. The van der Waals surface area contributed by atoms with Crippen molar-refractivity contribution in [1.82, 2.24) is 30.0 Å². The number of hydrogen-bond donors (Lipinski definition) is 6. The van der Waals surface area contributed by atoms with E-state index < -0.39 is 51.3 Å². The first-order chi connectivity index (χ1) is 19.9. The molecular weight excluding hydrogens is 554 g/mol. The van der Waals surface area contributed by atoms with Crippen LogP contribution in [0.4, 0.5) is 0 Å². The Hall–Kier alpha value is -5.06. The lowest BCUT2D eigenvalue weighted by atomic mass is 10.2. The molecule has 16 heteroatoms. The van der Waals surface area contributed by atoms with Crippen molar-refractivity contribution in [2.75, 3.05) is 39.3 Å². The first-order valence-electron chi connectivity index (χ1n) is 12.7. The largest absolute Gasteiger partial charge is 0.621 e. The number of hydroxylamine groups is 2. The van der Waals surface area contributed by atoms with Crippen LogP contribution in [-0.4, -0.2) is 87.1 Å². The number of aromatic nitrogens is 2. The number of nitrogens with one attached hydrogen (secondary N) is 4. The van der Waals surface area contributed by atoms with Gasteiger partial charge in [0.15, 0.2) is 11.5 Å². The molecule has 224 valence electrons. The number of carbonyl (C=O) groups is 4. The zero-order chi connectivity index (χ0) is 31.0. The molecule has 1 unspecified atom stereocenters. The first-order valence-corrected chi connectivity index (χ1v) is 12.7. The van der Waals surface area contributed by atoms with Crippen LogP contribution in [0.1, 0.15) is 20.7 Å². The number of carbonyl (C=O) groups excluding carboxylic acids is 4. The number of nitrogens with zero attached hydrogens (tertiary/aromatic N) is 3.